The molecule has 3 nitrogen and oxygen atoms in total. The van der Waals surface area contributed by atoms with Crippen LogP contribution in [0.2, 0.25) is 0 Å². The Kier molecular flexibility index (Phi) is 3.68. The van der Waals surface area contributed by atoms with Gasteiger partial charge >= 0.3 is 0 Å². The van der Waals surface area contributed by atoms with Crippen LogP contribution in [0.1, 0.15) is 11.1 Å². The molecule has 3 N–H and O–H groups in total. The van der Waals surface area contributed by atoms with Gasteiger partial charge < -0.3 is 15.6 Å². The molecule has 82 valence electrons. The molecule has 0 saturated heterocycles. The molecule has 0 amide bonds. The number of ether oxygens (including phenoxy) is 1. The fourth-order valence-corrected chi connectivity index (χ4v) is 1.28. The summed E-state index contributed by atoms with van der Waals surface area (Å²) in [5, 5.41) is 9.51. The Labute approximate surface area is 88.0 Å². The number of aryl methyl sites for hydroxylation is 1. The van der Waals surface area contributed by atoms with Crippen molar-refractivity contribution in [2.75, 3.05) is 13.7 Å². The van der Waals surface area contributed by atoms with Crippen molar-refractivity contribution < 1.29 is 14.2 Å². The Morgan fingerprint density at radius 3 is 2.80 bits per heavy atom. The summed E-state index contributed by atoms with van der Waals surface area (Å²) in [5.74, 6) is -0.878. The maximum Gasteiger partial charge on any atom is 0.197 e. The van der Waals surface area contributed by atoms with Gasteiger partial charge in [0.1, 0.15) is 0 Å². The van der Waals surface area contributed by atoms with E-state index in [1.54, 1.807) is 25.1 Å². The van der Waals surface area contributed by atoms with Gasteiger partial charge in [-0.25, -0.2) is 4.39 Å². The van der Waals surface area contributed by atoms with Gasteiger partial charge in [-0.2, -0.15) is 0 Å². The van der Waals surface area contributed by atoms with E-state index >= 15 is 0 Å². The van der Waals surface area contributed by atoms with E-state index in [4.69, 9.17) is 10.5 Å². The van der Waals surface area contributed by atoms with E-state index in [-0.39, 0.29) is 11.5 Å². The lowest BCUT2D eigenvalue weighted by molar-refractivity contribution is 0.349. The average molecular weight is 211 g/mol. The summed E-state index contributed by atoms with van der Waals surface area (Å²) in [4.78, 5) is 0. The number of hydrogen-bond donors (Lipinski definition) is 2. The minimum absolute atomic E-state index is 0.133. The molecule has 0 saturated carbocycles. The quantitative estimate of drug-likeness (QED) is 0.801. The molecule has 0 aromatic heterocycles. The molecular formula is C11H14FNO2. The van der Waals surface area contributed by atoms with Crippen LogP contribution >= 0.6 is 0 Å². The lowest BCUT2D eigenvalue weighted by Crippen LogP contribution is -1.96. The predicted octanol–water partition coefficient (Wildman–Crippen LogP) is 1.82. The van der Waals surface area contributed by atoms with Crippen LogP contribution in [0.3, 0.4) is 0 Å². The third kappa shape index (κ3) is 2.27. The monoisotopic (exact) mass is 211 g/mol. The largest absolute Gasteiger partial charge is 0.504 e. The molecule has 0 radical (unpaired) electrons. The van der Waals surface area contributed by atoms with E-state index in [9.17, 15) is 9.50 Å². The fourth-order valence-electron chi connectivity index (χ4n) is 1.28. The van der Waals surface area contributed by atoms with Gasteiger partial charge in [0, 0.05) is 12.1 Å². The van der Waals surface area contributed by atoms with Gasteiger partial charge in [-0.05, 0) is 18.6 Å². The van der Waals surface area contributed by atoms with Crippen LogP contribution in [0, 0.1) is 12.7 Å². The lowest BCUT2D eigenvalue weighted by Gasteiger charge is -2.09. The molecule has 1 aromatic carbocycles. The Balaban J connectivity index is 3.30. The molecule has 0 spiro atoms. The van der Waals surface area contributed by atoms with Crippen molar-refractivity contribution in [1.82, 2.24) is 0 Å². The van der Waals surface area contributed by atoms with Crippen molar-refractivity contribution in [2.24, 2.45) is 5.73 Å². The fraction of sp³-hybridized carbons (Fsp3) is 0.273. The Bertz CT molecular complexity index is 389. The number of phenols is 1. The van der Waals surface area contributed by atoms with Crippen LogP contribution in [-0.4, -0.2) is 18.8 Å². The molecule has 0 fully saturated rings. The smallest absolute Gasteiger partial charge is 0.197 e. The molecule has 0 aliphatic carbocycles. The third-order valence-corrected chi connectivity index (χ3v) is 2.05. The molecule has 0 unspecified atom stereocenters. The molecular weight excluding hydrogens is 197 g/mol. The van der Waals surface area contributed by atoms with Crippen LogP contribution in [-0.2, 0) is 0 Å². The van der Waals surface area contributed by atoms with Gasteiger partial charge in [0.25, 0.3) is 0 Å². The first kappa shape index (κ1) is 11.5. The van der Waals surface area contributed by atoms with E-state index in [2.05, 4.69) is 0 Å². The third-order valence-electron chi connectivity index (χ3n) is 2.05. The summed E-state index contributed by atoms with van der Waals surface area (Å²) in [6.07, 6.45) is 3.19. The van der Waals surface area contributed by atoms with E-state index in [1.807, 2.05) is 0 Å². The number of aromatic hydroxyl groups is 1. The Morgan fingerprint density at radius 2 is 2.27 bits per heavy atom. The maximum absolute atomic E-state index is 13.7. The highest BCUT2D eigenvalue weighted by atomic mass is 19.1. The zero-order valence-corrected chi connectivity index (χ0v) is 8.75. The zero-order chi connectivity index (χ0) is 11.4. The van der Waals surface area contributed by atoms with Crippen molar-refractivity contribution >= 4 is 6.08 Å². The predicted molar refractivity (Wildman–Crippen MR) is 57.4 cm³/mol. The zero-order valence-electron chi connectivity index (χ0n) is 8.75. The summed E-state index contributed by atoms with van der Waals surface area (Å²) in [6.45, 7) is 2.01. The molecule has 0 heterocycles. The normalized spacial score (nSPS) is 10.9. The minimum atomic E-state index is -0.578. The number of phenolic OH excluding ortho intramolecular Hbond substituents is 1. The van der Waals surface area contributed by atoms with E-state index in [1.165, 1.54) is 7.11 Å². The van der Waals surface area contributed by atoms with Crippen molar-refractivity contribution in [3.63, 3.8) is 0 Å². The second-order valence-electron chi connectivity index (χ2n) is 3.12. The maximum atomic E-state index is 13.7. The summed E-state index contributed by atoms with van der Waals surface area (Å²) < 4.78 is 18.4. The molecule has 15 heavy (non-hydrogen) atoms. The van der Waals surface area contributed by atoms with Crippen LogP contribution in [0.15, 0.2) is 12.1 Å². The summed E-state index contributed by atoms with van der Waals surface area (Å²) >= 11 is 0. The topological polar surface area (TPSA) is 55.5 Å². The van der Waals surface area contributed by atoms with Crippen LogP contribution in [0.5, 0.6) is 11.5 Å². The standard InChI is InChI=1S/C11H14FNO2/c1-7-6-8(4-3-5-13)9(12)11(15-2)10(7)14/h3-4,6,14H,5,13H2,1-2H3/b4-3+. The summed E-state index contributed by atoms with van der Waals surface area (Å²) in [6, 6.07) is 1.54. The Morgan fingerprint density at radius 1 is 1.60 bits per heavy atom. The second-order valence-corrected chi connectivity index (χ2v) is 3.12. The molecule has 1 aromatic rings. The SMILES string of the molecule is COc1c(O)c(C)cc(/C=C/CN)c1F. The van der Waals surface area contributed by atoms with Crippen molar-refractivity contribution in [1.29, 1.82) is 0 Å². The highest BCUT2D eigenvalue weighted by Gasteiger charge is 2.14. The molecule has 0 bridgehead atoms. The summed E-state index contributed by atoms with van der Waals surface area (Å²) in [7, 11) is 1.31. The molecule has 0 aliphatic rings. The van der Waals surface area contributed by atoms with E-state index in [0.29, 0.717) is 17.7 Å². The molecule has 0 aliphatic heterocycles. The first-order chi connectivity index (χ1) is 7.11. The minimum Gasteiger partial charge on any atom is -0.504 e. The lowest BCUT2D eigenvalue weighted by atomic mass is 10.1. The van der Waals surface area contributed by atoms with Crippen LogP contribution in [0.4, 0.5) is 4.39 Å². The van der Waals surface area contributed by atoms with Gasteiger partial charge in [0.2, 0.25) is 0 Å². The number of benzene rings is 1. The van der Waals surface area contributed by atoms with E-state index < -0.39 is 5.82 Å². The first-order valence-corrected chi connectivity index (χ1v) is 4.54. The number of halogens is 1. The number of rotatable bonds is 3. The van der Waals surface area contributed by atoms with Gasteiger partial charge in [-0.3, -0.25) is 0 Å². The molecule has 1 rings (SSSR count). The first-order valence-electron chi connectivity index (χ1n) is 4.54. The van der Waals surface area contributed by atoms with Crippen molar-refractivity contribution in [2.45, 2.75) is 6.92 Å². The summed E-state index contributed by atoms with van der Waals surface area (Å²) in [5.41, 5.74) is 6.19. The van der Waals surface area contributed by atoms with Crippen molar-refractivity contribution in [3.05, 3.63) is 29.1 Å². The molecule has 4 heteroatoms. The van der Waals surface area contributed by atoms with Crippen LogP contribution in [0.25, 0.3) is 6.08 Å². The number of methoxy groups -OCH3 is 1. The number of hydrogen-bond acceptors (Lipinski definition) is 3. The van der Waals surface area contributed by atoms with Gasteiger partial charge in [0.15, 0.2) is 17.3 Å². The highest BCUT2D eigenvalue weighted by molar-refractivity contribution is 5.59. The highest BCUT2D eigenvalue weighted by Crippen LogP contribution is 2.34. The number of nitrogens with two attached hydrogens (primary N) is 1. The molecule has 0 atom stereocenters. The van der Waals surface area contributed by atoms with Gasteiger partial charge in [-0.15, -0.1) is 0 Å². The van der Waals surface area contributed by atoms with Crippen molar-refractivity contribution in [3.8, 4) is 11.5 Å². The Hall–Kier alpha value is -1.55. The average Bonchev–Trinajstić information content (AvgIpc) is 2.22. The van der Waals surface area contributed by atoms with Gasteiger partial charge in [0.05, 0.1) is 7.11 Å². The van der Waals surface area contributed by atoms with E-state index in [0.717, 1.165) is 0 Å². The van der Waals surface area contributed by atoms with Crippen LogP contribution < -0.4 is 10.5 Å². The second kappa shape index (κ2) is 4.79. The van der Waals surface area contributed by atoms with Gasteiger partial charge in [-0.1, -0.05) is 12.2 Å².